The van der Waals surface area contributed by atoms with Gasteiger partial charge in [-0.05, 0) is 42.8 Å². The number of nitrogens with zero attached hydrogens (tertiary/aromatic N) is 3. The van der Waals surface area contributed by atoms with Crippen LogP contribution in [0, 0.1) is 0 Å². The molecule has 0 unspecified atom stereocenters. The average molecular weight is 386 g/mol. The van der Waals surface area contributed by atoms with Gasteiger partial charge in [-0.25, -0.2) is 0 Å². The molecular formula is C21H30N4O3. The van der Waals surface area contributed by atoms with Crippen LogP contribution in [0.4, 0.5) is 5.69 Å². The van der Waals surface area contributed by atoms with Crippen molar-refractivity contribution in [3.05, 3.63) is 48.4 Å². The lowest BCUT2D eigenvalue weighted by Crippen LogP contribution is -2.52. The Hall–Kier alpha value is -2.67. The molecule has 0 atom stereocenters. The number of rotatable bonds is 8. The van der Waals surface area contributed by atoms with Gasteiger partial charge in [-0.2, -0.15) is 0 Å². The Bertz CT molecular complexity index is 708. The van der Waals surface area contributed by atoms with Crippen molar-refractivity contribution in [2.45, 2.75) is 13.0 Å². The molecule has 3 rings (SSSR count). The summed E-state index contributed by atoms with van der Waals surface area (Å²) in [7, 11) is 3.53. The first-order chi connectivity index (χ1) is 13.8. The number of guanidine groups is 1. The second kappa shape index (κ2) is 10.6. The third-order valence-corrected chi connectivity index (χ3v) is 4.80. The van der Waals surface area contributed by atoms with Crippen LogP contribution in [0.15, 0.2) is 52.1 Å². The van der Waals surface area contributed by atoms with E-state index in [0.717, 1.165) is 56.6 Å². The molecule has 7 nitrogen and oxygen atoms in total. The van der Waals surface area contributed by atoms with Crippen LogP contribution in [0.2, 0.25) is 0 Å². The third kappa shape index (κ3) is 5.66. The van der Waals surface area contributed by atoms with Gasteiger partial charge < -0.3 is 29.0 Å². The van der Waals surface area contributed by atoms with E-state index in [-0.39, 0.29) is 0 Å². The molecular weight excluding hydrogens is 356 g/mol. The summed E-state index contributed by atoms with van der Waals surface area (Å²) >= 11 is 0. The second-order valence-electron chi connectivity index (χ2n) is 6.63. The molecule has 1 aromatic carbocycles. The molecule has 1 N–H and O–H groups in total. The highest BCUT2D eigenvalue weighted by Crippen LogP contribution is 2.20. The number of anilines is 1. The van der Waals surface area contributed by atoms with E-state index >= 15 is 0 Å². The van der Waals surface area contributed by atoms with Gasteiger partial charge in [0.1, 0.15) is 18.1 Å². The molecule has 7 heteroatoms. The zero-order chi connectivity index (χ0) is 19.6. The molecule has 1 aliphatic rings. The van der Waals surface area contributed by atoms with E-state index in [1.165, 1.54) is 5.69 Å². The van der Waals surface area contributed by atoms with E-state index in [1.54, 1.807) is 13.4 Å². The van der Waals surface area contributed by atoms with Crippen molar-refractivity contribution >= 4 is 11.6 Å². The lowest BCUT2D eigenvalue weighted by molar-refractivity contribution is 0.104. The summed E-state index contributed by atoms with van der Waals surface area (Å²) < 4.78 is 16.1. The van der Waals surface area contributed by atoms with Crippen molar-refractivity contribution in [3.8, 4) is 5.75 Å². The van der Waals surface area contributed by atoms with Crippen molar-refractivity contribution < 1.29 is 13.9 Å². The summed E-state index contributed by atoms with van der Waals surface area (Å²) in [5, 5.41) is 3.44. The van der Waals surface area contributed by atoms with E-state index < -0.39 is 0 Å². The fourth-order valence-electron chi connectivity index (χ4n) is 3.24. The smallest absolute Gasteiger partial charge is 0.193 e. The number of hydrogen-bond acceptors (Lipinski definition) is 5. The predicted octanol–water partition coefficient (Wildman–Crippen LogP) is 2.59. The first-order valence-electron chi connectivity index (χ1n) is 9.75. The highest BCUT2D eigenvalue weighted by molar-refractivity contribution is 5.80. The van der Waals surface area contributed by atoms with Crippen LogP contribution < -0.4 is 15.0 Å². The van der Waals surface area contributed by atoms with E-state index in [0.29, 0.717) is 13.2 Å². The predicted molar refractivity (Wildman–Crippen MR) is 111 cm³/mol. The Morgan fingerprint density at radius 3 is 2.57 bits per heavy atom. The number of nitrogens with one attached hydrogen (secondary N) is 1. The normalized spacial score (nSPS) is 15.0. The molecule has 0 radical (unpaired) electrons. The van der Waals surface area contributed by atoms with Crippen molar-refractivity contribution in [2.75, 3.05) is 58.4 Å². The monoisotopic (exact) mass is 386 g/mol. The van der Waals surface area contributed by atoms with E-state index in [9.17, 15) is 0 Å². The van der Waals surface area contributed by atoms with Crippen LogP contribution in [-0.2, 0) is 11.3 Å². The Labute approximate surface area is 166 Å². The molecule has 1 saturated heterocycles. The molecule has 1 aliphatic heterocycles. The number of methoxy groups -OCH3 is 1. The first kappa shape index (κ1) is 20.1. The maximum absolute atomic E-state index is 5.62. The summed E-state index contributed by atoms with van der Waals surface area (Å²) in [6, 6.07) is 12.0. The first-order valence-corrected chi connectivity index (χ1v) is 9.75. The lowest BCUT2D eigenvalue weighted by Gasteiger charge is -2.37. The van der Waals surface area contributed by atoms with Gasteiger partial charge in [0.25, 0.3) is 0 Å². The van der Waals surface area contributed by atoms with E-state index in [1.807, 2.05) is 31.3 Å². The van der Waals surface area contributed by atoms with Gasteiger partial charge in [-0.1, -0.05) is 0 Å². The van der Waals surface area contributed by atoms with Gasteiger partial charge in [0, 0.05) is 52.1 Å². The van der Waals surface area contributed by atoms with Gasteiger partial charge in [0.15, 0.2) is 5.96 Å². The molecule has 0 aliphatic carbocycles. The molecule has 2 aromatic rings. The van der Waals surface area contributed by atoms with Crippen molar-refractivity contribution in [1.82, 2.24) is 10.2 Å². The SMILES string of the molecule is CN=C(NCCCOCc1ccco1)N1CCN(c2ccc(OC)cc2)CC1. The number of aliphatic imine (C=N–C) groups is 1. The largest absolute Gasteiger partial charge is 0.497 e. The number of benzene rings is 1. The molecule has 0 amide bonds. The Balaban J connectivity index is 1.35. The van der Waals surface area contributed by atoms with Crippen molar-refractivity contribution in [3.63, 3.8) is 0 Å². The Morgan fingerprint density at radius 1 is 1.14 bits per heavy atom. The average Bonchev–Trinajstić information content (AvgIpc) is 3.27. The molecule has 152 valence electrons. The number of piperazine rings is 1. The van der Waals surface area contributed by atoms with Crippen LogP contribution in [0.25, 0.3) is 0 Å². The van der Waals surface area contributed by atoms with Crippen LogP contribution in [0.5, 0.6) is 5.75 Å². The van der Waals surface area contributed by atoms with E-state index in [2.05, 4.69) is 32.2 Å². The van der Waals surface area contributed by atoms with Gasteiger partial charge in [0.2, 0.25) is 0 Å². The van der Waals surface area contributed by atoms with Crippen LogP contribution in [0.3, 0.4) is 0 Å². The van der Waals surface area contributed by atoms with Crippen molar-refractivity contribution in [1.29, 1.82) is 0 Å². The highest BCUT2D eigenvalue weighted by atomic mass is 16.5. The summed E-state index contributed by atoms with van der Waals surface area (Å²) in [5.41, 5.74) is 1.23. The van der Waals surface area contributed by atoms with Gasteiger partial charge in [-0.3, -0.25) is 4.99 Å². The zero-order valence-corrected chi connectivity index (χ0v) is 16.8. The molecule has 0 bridgehead atoms. The fraction of sp³-hybridized carbons (Fsp3) is 0.476. The third-order valence-electron chi connectivity index (χ3n) is 4.80. The molecule has 1 fully saturated rings. The van der Waals surface area contributed by atoms with Gasteiger partial charge >= 0.3 is 0 Å². The molecule has 2 heterocycles. The number of furan rings is 1. The summed E-state index contributed by atoms with van der Waals surface area (Å²) in [4.78, 5) is 9.14. The number of ether oxygens (including phenoxy) is 2. The fourth-order valence-corrected chi connectivity index (χ4v) is 3.24. The highest BCUT2D eigenvalue weighted by Gasteiger charge is 2.19. The molecule has 28 heavy (non-hydrogen) atoms. The topological polar surface area (TPSA) is 62.5 Å². The maximum atomic E-state index is 5.62. The van der Waals surface area contributed by atoms with Crippen molar-refractivity contribution in [2.24, 2.45) is 4.99 Å². The quantitative estimate of drug-likeness (QED) is 0.427. The Kier molecular flexibility index (Phi) is 7.61. The molecule has 0 saturated carbocycles. The van der Waals surface area contributed by atoms with Crippen LogP contribution in [0.1, 0.15) is 12.2 Å². The molecule has 1 aromatic heterocycles. The minimum absolute atomic E-state index is 0.523. The van der Waals surface area contributed by atoms with Gasteiger partial charge in [0.05, 0.1) is 13.4 Å². The maximum Gasteiger partial charge on any atom is 0.193 e. The number of hydrogen-bond donors (Lipinski definition) is 1. The molecule has 0 spiro atoms. The lowest BCUT2D eigenvalue weighted by atomic mass is 10.2. The van der Waals surface area contributed by atoms with Crippen LogP contribution >= 0.6 is 0 Å². The zero-order valence-electron chi connectivity index (χ0n) is 16.8. The summed E-state index contributed by atoms with van der Waals surface area (Å²) in [5.74, 6) is 2.71. The van der Waals surface area contributed by atoms with Gasteiger partial charge in [-0.15, -0.1) is 0 Å². The second-order valence-corrected chi connectivity index (χ2v) is 6.63. The standard InChI is InChI=1S/C21H30N4O3/c1-22-21(23-10-4-15-27-17-20-5-3-16-28-20)25-13-11-24(12-14-25)18-6-8-19(26-2)9-7-18/h3,5-9,16H,4,10-15,17H2,1-2H3,(H,22,23). The Morgan fingerprint density at radius 2 is 1.93 bits per heavy atom. The van der Waals surface area contributed by atoms with E-state index in [4.69, 9.17) is 13.9 Å². The summed E-state index contributed by atoms with van der Waals surface area (Å²) in [6.45, 7) is 5.88. The minimum atomic E-state index is 0.523. The van der Waals surface area contributed by atoms with Crippen LogP contribution in [-0.4, -0.2) is 64.3 Å². The summed E-state index contributed by atoms with van der Waals surface area (Å²) in [6.07, 6.45) is 2.59. The minimum Gasteiger partial charge on any atom is -0.497 e.